The fourth-order valence-corrected chi connectivity index (χ4v) is 2.70. The predicted molar refractivity (Wildman–Crippen MR) is 103 cm³/mol. The summed E-state index contributed by atoms with van der Waals surface area (Å²) in [6.07, 6.45) is -9.54. The van der Waals surface area contributed by atoms with Crippen LogP contribution in [0, 0.1) is 0 Å². The molecule has 0 bridgehead atoms. The van der Waals surface area contributed by atoms with Crippen LogP contribution in [0.5, 0.6) is 5.75 Å². The molecule has 174 valence electrons. The lowest BCUT2D eigenvalue weighted by Gasteiger charge is -2.18. The Balaban J connectivity index is 1.87. The summed E-state index contributed by atoms with van der Waals surface area (Å²) in [5, 5.41) is 4.55. The van der Waals surface area contributed by atoms with E-state index in [0.717, 1.165) is 18.2 Å². The van der Waals surface area contributed by atoms with Crippen molar-refractivity contribution in [1.82, 2.24) is 10.2 Å². The average molecular weight is 463 g/mol. The molecule has 0 aromatic heterocycles. The summed E-state index contributed by atoms with van der Waals surface area (Å²) < 4.78 is 80.2. The third kappa shape index (κ3) is 8.10. The van der Waals surface area contributed by atoms with E-state index in [9.17, 15) is 35.9 Å². The van der Waals surface area contributed by atoms with Gasteiger partial charge in [0.15, 0.2) is 0 Å². The van der Waals surface area contributed by atoms with Crippen molar-refractivity contribution in [3.8, 4) is 5.75 Å². The van der Waals surface area contributed by atoms with Crippen LogP contribution in [-0.2, 0) is 22.3 Å². The molecule has 6 nitrogen and oxygen atoms in total. The number of nitrogens with zero attached hydrogens (tertiary/aromatic N) is 1. The summed E-state index contributed by atoms with van der Waals surface area (Å²) in [5.41, 5.74) is -1.33. The molecule has 32 heavy (non-hydrogen) atoms. The number of rotatable bonds is 8. The standard InChI is InChI=1S/C20H19F6N3O3/c1-29(12-18(31)28-15-8-4-3-7-14(15)19(21,22)23)11-17(30)27-10-13-6-2-5-9-16(13)32-20(24,25)26/h2-9H,10-12H2,1H3,(H,27,30)(H,28,31). The quantitative estimate of drug-likeness (QED) is 0.585. The summed E-state index contributed by atoms with van der Waals surface area (Å²) >= 11 is 0. The number of amides is 2. The van der Waals surface area contributed by atoms with Gasteiger partial charge in [0.1, 0.15) is 5.75 Å². The molecule has 0 saturated carbocycles. The second kappa shape index (κ2) is 10.4. The lowest BCUT2D eigenvalue weighted by atomic mass is 10.1. The Kier molecular flexibility index (Phi) is 8.08. The zero-order valence-electron chi connectivity index (χ0n) is 16.7. The van der Waals surface area contributed by atoms with E-state index in [1.165, 1.54) is 42.3 Å². The van der Waals surface area contributed by atoms with Crippen molar-refractivity contribution in [3.63, 3.8) is 0 Å². The van der Waals surface area contributed by atoms with Crippen LogP contribution in [-0.4, -0.2) is 43.2 Å². The fourth-order valence-electron chi connectivity index (χ4n) is 2.70. The van der Waals surface area contributed by atoms with E-state index in [1.54, 1.807) is 0 Å². The minimum Gasteiger partial charge on any atom is -0.405 e. The second-order valence-corrected chi connectivity index (χ2v) is 6.70. The van der Waals surface area contributed by atoms with Crippen molar-refractivity contribution in [2.45, 2.75) is 19.1 Å². The van der Waals surface area contributed by atoms with Crippen molar-refractivity contribution in [2.75, 3.05) is 25.5 Å². The first-order valence-corrected chi connectivity index (χ1v) is 9.10. The number of hydrogen-bond acceptors (Lipinski definition) is 4. The van der Waals surface area contributed by atoms with Crippen LogP contribution in [0.2, 0.25) is 0 Å². The smallest absolute Gasteiger partial charge is 0.405 e. The number of carbonyl (C=O) groups is 2. The SMILES string of the molecule is CN(CC(=O)NCc1ccccc1OC(F)(F)F)CC(=O)Nc1ccccc1C(F)(F)F. The number of halogens is 6. The molecule has 0 fully saturated rings. The number of likely N-dealkylation sites (N-methyl/N-ethyl adjacent to an activating group) is 1. The Bertz CT molecular complexity index is 947. The normalized spacial score (nSPS) is 11.9. The van der Waals surface area contributed by atoms with Gasteiger partial charge in [-0.15, -0.1) is 13.2 Å². The maximum atomic E-state index is 13.0. The number of carbonyl (C=O) groups excluding carboxylic acids is 2. The van der Waals surface area contributed by atoms with E-state index >= 15 is 0 Å². The Morgan fingerprint density at radius 2 is 1.50 bits per heavy atom. The largest absolute Gasteiger partial charge is 0.573 e. The lowest BCUT2D eigenvalue weighted by Crippen LogP contribution is -2.39. The van der Waals surface area contributed by atoms with E-state index < -0.39 is 47.9 Å². The molecule has 2 rings (SSSR count). The van der Waals surface area contributed by atoms with Gasteiger partial charge < -0.3 is 15.4 Å². The zero-order chi connectivity index (χ0) is 23.9. The van der Waals surface area contributed by atoms with Crippen LogP contribution in [0.4, 0.5) is 32.0 Å². The third-order valence-corrected chi connectivity index (χ3v) is 4.01. The van der Waals surface area contributed by atoms with Crippen molar-refractivity contribution in [2.24, 2.45) is 0 Å². The van der Waals surface area contributed by atoms with Gasteiger partial charge in [-0.1, -0.05) is 30.3 Å². The first-order valence-electron chi connectivity index (χ1n) is 9.10. The third-order valence-electron chi connectivity index (χ3n) is 4.01. The molecule has 2 amide bonds. The highest BCUT2D eigenvalue weighted by molar-refractivity contribution is 5.93. The monoisotopic (exact) mass is 463 g/mol. The van der Waals surface area contributed by atoms with Gasteiger partial charge in [0, 0.05) is 12.1 Å². The molecule has 2 N–H and O–H groups in total. The molecule has 0 saturated heterocycles. The average Bonchev–Trinajstić information content (AvgIpc) is 2.65. The number of anilines is 1. The summed E-state index contributed by atoms with van der Waals surface area (Å²) in [6.45, 7) is -0.978. The maximum absolute atomic E-state index is 13.0. The fraction of sp³-hybridized carbons (Fsp3) is 0.300. The van der Waals surface area contributed by atoms with Gasteiger partial charge in [-0.3, -0.25) is 14.5 Å². The molecule has 0 aliphatic heterocycles. The number of alkyl halides is 6. The Morgan fingerprint density at radius 1 is 0.906 bits per heavy atom. The molecule has 0 atom stereocenters. The van der Waals surface area contributed by atoms with Crippen LogP contribution in [0.1, 0.15) is 11.1 Å². The predicted octanol–water partition coefficient (Wildman–Crippen LogP) is 3.79. The van der Waals surface area contributed by atoms with E-state index in [1.807, 2.05) is 0 Å². The van der Waals surface area contributed by atoms with Crippen molar-refractivity contribution in [1.29, 1.82) is 0 Å². The first kappa shape index (κ1) is 25.0. The topological polar surface area (TPSA) is 70.7 Å². The van der Waals surface area contributed by atoms with Crippen LogP contribution >= 0.6 is 0 Å². The maximum Gasteiger partial charge on any atom is 0.573 e. The molecule has 0 spiro atoms. The number of nitrogens with one attached hydrogen (secondary N) is 2. The Morgan fingerprint density at radius 3 is 2.16 bits per heavy atom. The summed E-state index contributed by atoms with van der Waals surface area (Å²) in [7, 11) is 1.38. The van der Waals surface area contributed by atoms with Crippen molar-refractivity contribution >= 4 is 17.5 Å². The number of ether oxygens (including phenoxy) is 1. The Hall–Kier alpha value is -3.28. The zero-order valence-corrected chi connectivity index (χ0v) is 16.7. The highest BCUT2D eigenvalue weighted by Crippen LogP contribution is 2.34. The molecule has 0 radical (unpaired) electrons. The minimum atomic E-state index is -4.89. The van der Waals surface area contributed by atoms with Gasteiger partial charge in [0.25, 0.3) is 0 Å². The summed E-state index contributed by atoms with van der Waals surface area (Å²) in [6, 6.07) is 9.72. The highest BCUT2D eigenvalue weighted by atomic mass is 19.4. The minimum absolute atomic E-state index is 0.0855. The molecule has 12 heteroatoms. The molecular formula is C20H19F6N3O3. The van der Waals surface area contributed by atoms with Gasteiger partial charge in [-0.2, -0.15) is 13.2 Å². The lowest BCUT2D eigenvalue weighted by molar-refractivity contribution is -0.274. The number of para-hydroxylation sites is 2. The molecule has 0 aliphatic rings. The van der Waals surface area contributed by atoms with Gasteiger partial charge in [0.05, 0.1) is 24.3 Å². The van der Waals surface area contributed by atoms with Crippen LogP contribution in [0.15, 0.2) is 48.5 Å². The highest BCUT2D eigenvalue weighted by Gasteiger charge is 2.34. The van der Waals surface area contributed by atoms with Gasteiger partial charge in [-0.05, 0) is 25.2 Å². The summed E-state index contributed by atoms with van der Waals surface area (Å²) in [4.78, 5) is 25.4. The van der Waals surface area contributed by atoms with Crippen molar-refractivity contribution in [3.05, 3.63) is 59.7 Å². The van der Waals surface area contributed by atoms with Crippen LogP contribution in [0.25, 0.3) is 0 Å². The van der Waals surface area contributed by atoms with Crippen LogP contribution in [0.3, 0.4) is 0 Å². The van der Waals surface area contributed by atoms with Gasteiger partial charge in [0.2, 0.25) is 11.8 Å². The van der Waals surface area contributed by atoms with Crippen molar-refractivity contribution < 1.29 is 40.7 Å². The second-order valence-electron chi connectivity index (χ2n) is 6.70. The van der Waals surface area contributed by atoms with Gasteiger partial charge >= 0.3 is 12.5 Å². The van der Waals surface area contributed by atoms with E-state index in [4.69, 9.17) is 0 Å². The molecule has 0 heterocycles. The van der Waals surface area contributed by atoms with Crippen LogP contribution < -0.4 is 15.4 Å². The number of benzene rings is 2. The van der Waals surface area contributed by atoms with E-state index in [0.29, 0.717) is 0 Å². The van der Waals surface area contributed by atoms with E-state index in [2.05, 4.69) is 15.4 Å². The molecule has 0 unspecified atom stereocenters. The van der Waals surface area contributed by atoms with Gasteiger partial charge in [-0.25, -0.2) is 0 Å². The molecule has 2 aromatic rings. The summed E-state index contributed by atoms with van der Waals surface area (Å²) in [5.74, 6) is -1.85. The first-order chi connectivity index (χ1) is 14.8. The molecule has 2 aromatic carbocycles. The number of hydrogen-bond donors (Lipinski definition) is 2. The Labute approximate surface area is 179 Å². The molecular weight excluding hydrogens is 444 g/mol. The molecule has 0 aliphatic carbocycles. The van der Waals surface area contributed by atoms with E-state index in [-0.39, 0.29) is 18.7 Å².